The molecular formula is C13H13FN4O. The molecule has 0 spiro atoms. The fourth-order valence-electron chi connectivity index (χ4n) is 1.58. The topological polar surface area (TPSA) is 80.0 Å². The molecule has 0 unspecified atom stereocenters. The summed E-state index contributed by atoms with van der Waals surface area (Å²) in [6.07, 6.45) is 1.44. The van der Waals surface area contributed by atoms with Gasteiger partial charge in [0, 0.05) is 11.8 Å². The van der Waals surface area contributed by atoms with Crippen molar-refractivity contribution < 1.29 is 9.18 Å². The first kappa shape index (κ1) is 13.0. The normalized spacial score (nSPS) is 10.1. The van der Waals surface area contributed by atoms with Crippen LogP contribution in [0.25, 0.3) is 0 Å². The molecule has 0 atom stereocenters. The summed E-state index contributed by atoms with van der Waals surface area (Å²) in [6, 6.07) is 7.50. The minimum atomic E-state index is -0.481. The molecule has 2 rings (SSSR count). The van der Waals surface area contributed by atoms with Gasteiger partial charge in [0.25, 0.3) is 5.91 Å². The molecule has 1 aromatic heterocycles. The summed E-state index contributed by atoms with van der Waals surface area (Å²) in [5, 5.41) is 2.51. The molecule has 0 saturated heterocycles. The Morgan fingerprint density at radius 2 is 2.11 bits per heavy atom. The van der Waals surface area contributed by atoms with Gasteiger partial charge in [0.05, 0.1) is 5.69 Å². The summed E-state index contributed by atoms with van der Waals surface area (Å²) in [5.74, 6) is 4.66. The Balaban J connectivity index is 2.22. The lowest BCUT2D eigenvalue weighted by molar-refractivity contribution is 0.102. The van der Waals surface area contributed by atoms with E-state index in [4.69, 9.17) is 5.84 Å². The first-order valence-electron chi connectivity index (χ1n) is 5.60. The Bertz CT molecular complexity index is 615. The number of hydrogen-bond acceptors (Lipinski definition) is 4. The molecule has 0 aliphatic rings. The Labute approximate surface area is 109 Å². The van der Waals surface area contributed by atoms with Gasteiger partial charge in [-0.25, -0.2) is 15.2 Å². The van der Waals surface area contributed by atoms with Gasteiger partial charge in [-0.05, 0) is 36.8 Å². The number of aromatic nitrogens is 1. The predicted octanol–water partition coefficient (Wildman–Crippen LogP) is 2.07. The van der Waals surface area contributed by atoms with Crippen molar-refractivity contribution in [1.82, 2.24) is 4.98 Å². The van der Waals surface area contributed by atoms with E-state index in [1.165, 1.54) is 24.4 Å². The van der Waals surface area contributed by atoms with Gasteiger partial charge >= 0.3 is 0 Å². The molecule has 1 amide bonds. The Morgan fingerprint density at radius 3 is 2.84 bits per heavy atom. The molecule has 98 valence electrons. The average molecular weight is 260 g/mol. The van der Waals surface area contributed by atoms with Crippen molar-refractivity contribution in [2.45, 2.75) is 6.92 Å². The van der Waals surface area contributed by atoms with Gasteiger partial charge in [-0.2, -0.15) is 0 Å². The largest absolute Gasteiger partial charge is 0.319 e. The van der Waals surface area contributed by atoms with Crippen molar-refractivity contribution in [2.75, 3.05) is 10.7 Å². The number of aryl methyl sites for hydroxylation is 1. The smallest absolute Gasteiger partial charge is 0.255 e. The van der Waals surface area contributed by atoms with Gasteiger partial charge in [0.1, 0.15) is 11.6 Å². The number of pyridine rings is 1. The third kappa shape index (κ3) is 3.05. The number of hydrazine groups is 1. The maximum atomic E-state index is 13.5. The van der Waals surface area contributed by atoms with Crippen LogP contribution < -0.4 is 16.6 Å². The molecule has 0 radical (unpaired) electrons. The van der Waals surface area contributed by atoms with Gasteiger partial charge in [-0.3, -0.25) is 4.79 Å². The Kier molecular flexibility index (Phi) is 3.72. The number of nitrogens with one attached hydrogen (secondary N) is 2. The van der Waals surface area contributed by atoms with Gasteiger partial charge in [-0.15, -0.1) is 0 Å². The van der Waals surface area contributed by atoms with E-state index in [1.807, 2.05) is 6.92 Å². The average Bonchev–Trinajstić information content (AvgIpc) is 2.43. The Hall–Kier alpha value is -2.47. The number of anilines is 2. The number of halogens is 1. The molecule has 0 saturated carbocycles. The molecule has 0 aliphatic carbocycles. The molecule has 0 fully saturated rings. The van der Waals surface area contributed by atoms with E-state index in [2.05, 4.69) is 15.7 Å². The van der Waals surface area contributed by atoms with Crippen molar-refractivity contribution in [3.63, 3.8) is 0 Å². The first-order chi connectivity index (χ1) is 9.10. The van der Waals surface area contributed by atoms with Crippen LogP contribution in [0.1, 0.15) is 15.9 Å². The second-order valence-electron chi connectivity index (χ2n) is 4.01. The number of carbonyl (C=O) groups excluding carboxylic acids is 1. The number of nitrogens with zero attached hydrogens (tertiary/aromatic N) is 1. The maximum Gasteiger partial charge on any atom is 0.255 e. The van der Waals surface area contributed by atoms with E-state index < -0.39 is 11.7 Å². The quantitative estimate of drug-likeness (QED) is 0.583. The predicted molar refractivity (Wildman–Crippen MR) is 71.1 cm³/mol. The number of nitrogens with two attached hydrogens (primary N) is 1. The third-order valence-electron chi connectivity index (χ3n) is 2.54. The lowest BCUT2D eigenvalue weighted by Gasteiger charge is -2.08. The molecule has 2 aromatic rings. The van der Waals surface area contributed by atoms with Gasteiger partial charge in [0.2, 0.25) is 0 Å². The number of amides is 1. The summed E-state index contributed by atoms with van der Waals surface area (Å²) < 4.78 is 13.5. The minimum Gasteiger partial charge on any atom is -0.319 e. The molecule has 5 nitrogen and oxygen atoms in total. The van der Waals surface area contributed by atoms with Gasteiger partial charge in [-0.1, -0.05) is 6.07 Å². The monoisotopic (exact) mass is 260 g/mol. The van der Waals surface area contributed by atoms with Gasteiger partial charge in [0.15, 0.2) is 0 Å². The second-order valence-corrected chi connectivity index (χ2v) is 4.01. The SMILES string of the molecule is Cc1ccc(F)c(NC(=O)c2ccnc(NN)c2)c1. The first-order valence-corrected chi connectivity index (χ1v) is 5.60. The maximum absolute atomic E-state index is 13.5. The molecule has 1 aromatic carbocycles. The van der Waals surface area contributed by atoms with Crippen LogP contribution in [-0.2, 0) is 0 Å². The van der Waals surface area contributed by atoms with Crippen LogP contribution in [0.3, 0.4) is 0 Å². The molecule has 1 heterocycles. The highest BCUT2D eigenvalue weighted by molar-refractivity contribution is 6.04. The van der Waals surface area contributed by atoms with E-state index in [9.17, 15) is 9.18 Å². The summed E-state index contributed by atoms with van der Waals surface area (Å²) in [6.45, 7) is 1.82. The highest BCUT2D eigenvalue weighted by Gasteiger charge is 2.10. The summed E-state index contributed by atoms with van der Waals surface area (Å²) in [4.78, 5) is 15.9. The van der Waals surface area contributed by atoms with Crippen molar-refractivity contribution in [1.29, 1.82) is 0 Å². The molecule has 0 aliphatic heterocycles. The standard InChI is InChI=1S/C13H13FN4O/c1-8-2-3-10(14)11(6-8)17-13(19)9-4-5-16-12(7-9)18-15/h2-7H,15H2,1H3,(H,16,18)(H,17,19). The molecular weight excluding hydrogens is 247 g/mol. The summed E-state index contributed by atoms with van der Waals surface area (Å²) in [5.41, 5.74) is 3.68. The van der Waals surface area contributed by atoms with Crippen LogP contribution in [0.4, 0.5) is 15.9 Å². The zero-order chi connectivity index (χ0) is 13.8. The fraction of sp³-hybridized carbons (Fsp3) is 0.0769. The second kappa shape index (κ2) is 5.45. The third-order valence-corrected chi connectivity index (χ3v) is 2.54. The fourth-order valence-corrected chi connectivity index (χ4v) is 1.58. The Morgan fingerprint density at radius 1 is 1.32 bits per heavy atom. The number of rotatable bonds is 3. The zero-order valence-electron chi connectivity index (χ0n) is 10.3. The highest BCUT2D eigenvalue weighted by atomic mass is 19.1. The molecule has 4 N–H and O–H groups in total. The number of benzene rings is 1. The van der Waals surface area contributed by atoms with Crippen LogP contribution in [0.5, 0.6) is 0 Å². The number of carbonyl (C=O) groups is 1. The van der Waals surface area contributed by atoms with E-state index in [0.717, 1.165) is 5.56 Å². The van der Waals surface area contributed by atoms with Crippen LogP contribution in [0.15, 0.2) is 36.5 Å². The lowest BCUT2D eigenvalue weighted by atomic mass is 10.2. The molecule has 6 heteroatoms. The van der Waals surface area contributed by atoms with Gasteiger partial charge < -0.3 is 10.7 Å². The van der Waals surface area contributed by atoms with E-state index >= 15 is 0 Å². The molecule has 19 heavy (non-hydrogen) atoms. The lowest BCUT2D eigenvalue weighted by Crippen LogP contribution is -2.15. The number of hydrogen-bond donors (Lipinski definition) is 3. The highest BCUT2D eigenvalue weighted by Crippen LogP contribution is 2.17. The van der Waals surface area contributed by atoms with Crippen molar-refractivity contribution in [3.8, 4) is 0 Å². The summed E-state index contributed by atoms with van der Waals surface area (Å²) >= 11 is 0. The van der Waals surface area contributed by atoms with Crippen LogP contribution >= 0.6 is 0 Å². The zero-order valence-corrected chi connectivity index (χ0v) is 10.3. The van der Waals surface area contributed by atoms with E-state index in [1.54, 1.807) is 12.1 Å². The minimum absolute atomic E-state index is 0.143. The van der Waals surface area contributed by atoms with Crippen LogP contribution in [-0.4, -0.2) is 10.9 Å². The molecule has 0 bridgehead atoms. The van der Waals surface area contributed by atoms with E-state index in [0.29, 0.717) is 11.4 Å². The van der Waals surface area contributed by atoms with Crippen LogP contribution in [0.2, 0.25) is 0 Å². The van der Waals surface area contributed by atoms with Crippen molar-refractivity contribution in [3.05, 3.63) is 53.5 Å². The van der Waals surface area contributed by atoms with E-state index in [-0.39, 0.29) is 5.69 Å². The van der Waals surface area contributed by atoms with Crippen molar-refractivity contribution >= 4 is 17.4 Å². The van der Waals surface area contributed by atoms with Crippen molar-refractivity contribution in [2.24, 2.45) is 5.84 Å². The van der Waals surface area contributed by atoms with Crippen LogP contribution in [0, 0.1) is 12.7 Å². The number of nitrogen functional groups attached to an aromatic ring is 1. The summed E-state index contributed by atoms with van der Waals surface area (Å²) in [7, 11) is 0.